The number of carbonyl (C=O) groups excluding carboxylic acids is 1. The maximum atomic E-state index is 14.3. The summed E-state index contributed by atoms with van der Waals surface area (Å²) in [6.45, 7) is 3.14. The molecule has 2 heterocycles. The molecule has 0 bridgehead atoms. The molecule has 1 aliphatic rings. The van der Waals surface area contributed by atoms with Gasteiger partial charge in [-0.05, 0) is 54.3 Å². The molecule has 0 unspecified atom stereocenters. The van der Waals surface area contributed by atoms with E-state index < -0.39 is 59.0 Å². The monoisotopic (exact) mass is 608 g/mol. The fourth-order valence-corrected chi connectivity index (χ4v) is 6.09. The van der Waals surface area contributed by atoms with Crippen molar-refractivity contribution in [2.75, 3.05) is 0 Å². The van der Waals surface area contributed by atoms with Crippen molar-refractivity contribution in [1.82, 2.24) is 9.47 Å². The van der Waals surface area contributed by atoms with Crippen LogP contribution in [0.4, 0.5) is 13.2 Å². The summed E-state index contributed by atoms with van der Waals surface area (Å²) in [4.78, 5) is 40.5. The molecule has 2 aromatic carbocycles. The van der Waals surface area contributed by atoms with E-state index >= 15 is 0 Å². The molecule has 1 N–H and O–H groups in total. The molecule has 0 radical (unpaired) electrons. The summed E-state index contributed by atoms with van der Waals surface area (Å²) in [7, 11) is 0. The summed E-state index contributed by atoms with van der Waals surface area (Å²) in [6, 6.07) is 14.2. The minimum absolute atomic E-state index is 0.183. The second kappa shape index (κ2) is 11.9. The van der Waals surface area contributed by atoms with Crippen LogP contribution >= 0.6 is 23.2 Å². The number of rotatable bonds is 8. The highest BCUT2D eigenvalue weighted by molar-refractivity contribution is 6.30. The zero-order valence-corrected chi connectivity index (χ0v) is 23.9. The van der Waals surface area contributed by atoms with Gasteiger partial charge < -0.3 is 14.6 Å². The lowest BCUT2D eigenvalue weighted by atomic mass is 9.67. The van der Waals surface area contributed by atoms with Crippen LogP contribution in [0.1, 0.15) is 61.8 Å². The number of benzene rings is 2. The van der Waals surface area contributed by atoms with Gasteiger partial charge >= 0.3 is 12.1 Å². The fraction of sp³-hybridized carbons (Fsp3) is 0.367. The number of piperidine rings is 1. The van der Waals surface area contributed by atoms with E-state index in [0.29, 0.717) is 15.6 Å². The number of amides is 1. The number of hydrogen-bond donors (Lipinski definition) is 1. The average Bonchev–Trinajstić information content (AvgIpc) is 2.89. The Labute approximate surface area is 245 Å². The standard InChI is InChI=1S/C30H29Cl2F3N2O4/c1-3-23(17-36-16-20(30(33,34)35)9-12-25(36)38)37-27(18-7-10-21(31)11-8-18)24(19-5-4-6-22(32)13-19)14-29(2,28(37)41)15-26(39)40/h4-13,16,23-24,27H,3,14-15,17H2,1-2H3,(H,39,40)/t23-,24+,27+,29+/m0/s1. The van der Waals surface area contributed by atoms with Crippen LogP contribution in [0.2, 0.25) is 10.0 Å². The number of aromatic nitrogens is 1. The number of carboxylic acids is 1. The van der Waals surface area contributed by atoms with Crippen LogP contribution in [0.3, 0.4) is 0 Å². The first kappa shape index (κ1) is 30.7. The Bertz CT molecular complexity index is 1490. The Hall–Kier alpha value is -3.30. The largest absolute Gasteiger partial charge is 0.481 e. The maximum Gasteiger partial charge on any atom is 0.417 e. The second-order valence-corrected chi connectivity index (χ2v) is 11.5. The van der Waals surface area contributed by atoms with Gasteiger partial charge in [-0.2, -0.15) is 13.2 Å². The highest BCUT2D eigenvalue weighted by Gasteiger charge is 2.52. The Kier molecular flexibility index (Phi) is 8.90. The molecule has 11 heteroatoms. The predicted octanol–water partition coefficient (Wildman–Crippen LogP) is 7.19. The number of alkyl halides is 3. The molecule has 0 aliphatic carbocycles. The van der Waals surface area contributed by atoms with E-state index in [4.69, 9.17) is 23.2 Å². The van der Waals surface area contributed by atoms with Crippen LogP contribution in [0, 0.1) is 5.41 Å². The smallest absolute Gasteiger partial charge is 0.417 e. The lowest BCUT2D eigenvalue weighted by Crippen LogP contribution is -2.57. The Morgan fingerprint density at radius 2 is 1.73 bits per heavy atom. The molecular weight excluding hydrogens is 580 g/mol. The second-order valence-electron chi connectivity index (χ2n) is 10.7. The molecule has 41 heavy (non-hydrogen) atoms. The van der Waals surface area contributed by atoms with Gasteiger partial charge in [0.15, 0.2) is 0 Å². The molecular formula is C30H29Cl2F3N2O4. The van der Waals surface area contributed by atoms with Crippen molar-refractivity contribution in [2.45, 2.75) is 63.8 Å². The molecule has 6 nitrogen and oxygen atoms in total. The van der Waals surface area contributed by atoms with E-state index in [0.717, 1.165) is 28.5 Å². The van der Waals surface area contributed by atoms with Gasteiger partial charge in [0.05, 0.1) is 29.5 Å². The van der Waals surface area contributed by atoms with Crippen molar-refractivity contribution in [1.29, 1.82) is 0 Å². The van der Waals surface area contributed by atoms with Crippen LogP contribution < -0.4 is 5.56 Å². The fourth-order valence-electron chi connectivity index (χ4n) is 5.76. The quantitative estimate of drug-likeness (QED) is 0.293. The van der Waals surface area contributed by atoms with Crippen LogP contribution in [0.15, 0.2) is 71.7 Å². The van der Waals surface area contributed by atoms with E-state index in [1.165, 1.54) is 0 Å². The van der Waals surface area contributed by atoms with Crippen molar-refractivity contribution in [2.24, 2.45) is 5.41 Å². The van der Waals surface area contributed by atoms with Gasteiger partial charge in [0.1, 0.15) is 0 Å². The summed E-state index contributed by atoms with van der Waals surface area (Å²) in [5.41, 5.74) is -1.49. The van der Waals surface area contributed by atoms with Crippen molar-refractivity contribution < 1.29 is 27.9 Å². The summed E-state index contributed by atoms with van der Waals surface area (Å²) in [5, 5.41) is 10.7. The Morgan fingerprint density at radius 1 is 1.05 bits per heavy atom. The SMILES string of the molecule is CC[C@@H](Cn1cc(C(F)(F)F)ccc1=O)N1C(=O)[C@@](C)(CC(=O)O)C[C@H](c2cccc(Cl)c2)[C@H]1c1ccc(Cl)cc1. The Morgan fingerprint density at radius 3 is 2.32 bits per heavy atom. The normalized spacial score (nSPS) is 22.0. The van der Waals surface area contributed by atoms with Gasteiger partial charge in [0, 0.05) is 34.8 Å². The number of hydrogen-bond acceptors (Lipinski definition) is 3. The summed E-state index contributed by atoms with van der Waals surface area (Å²) >= 11 is 12.5. The van der Waals surface area contributed by atoms with Crippen LogP contribution in [0.25, 0.3) is 0 Å². The third-order valence-electron chi connectivity index (χ3n) is 7.71. The molecule has 0 saturated carbocycles. The highest BCUT2D eigenvalue weighted by atomic mass is 35.5. The van der Waals surface area contributed by atoms with Crippen molar-refractivity contribution in [3.05, 3.63) is 104 Å². The molecule has 1 saturated heterocycles. The van der Waals surface area contributed by atoms with Crippen LogP contribution in [-0.2, 0) is 22.3 Å². The first-order valence-corrected chi connectivity index (χ1v) is 13.8. The molecule has 1 aliphatic heterocycles. The number of halogens is 5. The van der Waals surface area contributed by atoms with Gasteiger partial charge in [0.25, 0.3) is 5.56 Å². The van der Waals surface area contributed by atoms with Crippen molar-refractivity contribution in [3.8, 4) is 0 Å². The number of likely N-dealkylation sites (tertiary alicyclic amines) is 1. The van der Waals surface area contributed by atoms with Gasteiger partial charge in [0.2, 0.25) is 5.91 Å². The van der Waals surface area contributed by atoms with Crippen LogP contribution in [0.5, 0.6) is 0 Å². The van der Waals surface area contributed by atoms with Crippen molar-refractivity contribution in [3.63, 3.8) is 0 Å². The van der Waals surface area contributed by atoms with Gasteiger partial charge in [-0.3, -0.25) is 14.4 Å². The van der Waals surface area contributed by atoms with E-state index in [-0.39, 0.29) is 19.4 Å². The highest BCUT2D eigenvalue weighted by Crippen LogP contribution is 2.52. The summed E-state index contributed by atoms with van der Waals surface area (Å²) in [6.07, 6.45) is -3.90. The topological polar surface area (TPSA) is 79.6 Å². The number of carboxylic acid groups (broad SMARTS) is 1. The molecule has 4 rings (SSSR count). The molecule has 218 valence electrons. The summed E-state index contributed by atoms with van der Waals surface area (Å²) < 4.78 is 41.4. The third kappa shape index (κ3) is 6.62. The van der Waals surface area contributed by atoms with E-state index in [9.17, 15) is 32.7 Å². The number of pyridine rings is 1. The van der Waals surface area contributed by atoms with Gasteiger partial charge in [-0.25, -0.2) is 0 Å². The molecule has 4 atom stereocenters. The lowest BCUT2D eigenvalue weighted by Gasteiger charge is -2.52. The average molecular weight is 609 g/mol. The van der Waals surface area contributed by atoms with Gasteiger partial charge in [-0.1, -0.05) is 61.3 Å². The zero-order valence-electron chi connectivity index (χ0n) is 22.4. The Balaban J connectivity index is 1.91. The molecule has 1 fully saturated rings. The molecule has 3 aromatic rings. The number of carbonyl (C=O) groups is 2. The molecule has 1 aromatic heterocycles. The minimum atomic E-state index is -4.66. The predicted molar refractivity (Wildman–Crippen MR) is 150 cm³/mol. The molecule has 1 amide bonds. The van der Waals surface area contributed by atoms with Crippen molar-refractivity contribution >= 4 is 35.1 Å². The maximum absolute atomic E-state index is 14.3. The number of nitrogens with zero attached hydrogens (tertiary/aromatic N) is 2. The lowest BCUT2D eigenvalue weighted by molar-refractivity contribution is -0.161. The van der Waals surface area contributed by atoms with Gasteiger partial charge in [-0.15, -0.1) is 0 Å². The van der Waals surface area contributed by atoms with E-state index in [2.05, 4.69) is 0 Å². The zero-order chi connectivity index (χ0) is 30.1. The third-order valence-corrected chi connectivity index (χ3v) is 8.20. The molecule has 0 spiro atoms. The number of aliphatic carboxylic acids is 1. The first-order valence-electron chi connectivity index (χ1n) is 13.1. The van der Waals surface area contributed by atoms with Crippen LogP contribution in [-0.4, -0.2) is 32.5 Å². The first-order chi connectivity index (χ1) is 19.2. The minimum Gasteiger partial charge on any atom is -0.481 e. The van der Waals surface area contributed by atoms with E-state index in [1.54, 1.807) is 61.2 Å². The summed E-state index contributed by atoms with van der Waals surface area (Å²) in [5.74, 6) is -2.04. The van der Waals surface area contributed by atoms with E-state index in [1.807, 2.05) is 6.07 Å².